The van der Waals surface area contributed by atoms with E-state index in [0.29, 0.717) is 12.0 Å². The van der Waals surface area contributed by atoms with E-state index in [4.69, 9.17) is 4.74 Å². The molecule has 0 unspecified atom stereocenters. The molecule has 1 atom stereocenters. The van der Waals surface area contributed by atoms with Gasteiger partial charge < -0.3 is 15.0 Å². The summed E-state index contributed by atoms with van der Waals surface area (Å²) in [6.45, 7) is 3.10. The van der Waals surface area contributed by atoms with Crippen molar-refractivity contribution < 1.29 is 4.74 Å². The number of rotatable bonds is 6. The summed E-state index contributed by atoms with van der Waals surface area (Å²) in [6, 6.07) is 30.4. The molecule has 3 aliphatic rings. The summed E-state index contributed by atoms with van der Waals surface area (Å²) in [4.78, 5) is 2.62. The third-order valence-corrected chi connectivity index (χ3v) is 6.73. The number of hydrogen-bond donors (Lipinski definition) is 1. The SMILES string of the molecule is COc1ccccc1CN[C@H]1C(=C(c2ccccc2)c2ccccc2)N2CCC1CC2. The first-order valence-corrected chi connectivity index (χ1v) is 11.3. The summed E-state index contributed by atoms with van der Waals surface area (Å²) in [5.41, 5.74) is 6.61. The van der Waals surface area contributed by atoms with E-state index in [2.05, 4.69) is 83.0 Å². The molecule has 3 aromatic carbocycles. The Balaban J connectivity index is 1.58. The number of nitrogens with zero attached hydrogens (tertiary/aromatic N) is 1. The lowest BCUT2D eigenvalue weighted by Crippen LogP contribution is -2.54. The molecular weight excluding hydrogens is 380 g/mol. The van der Waals surface area contributed by atoms with E-state index in [9.17, 15) is 0 Å². The summed E-state index contributed by atoms with van der Waals surface area (Å²) in [6.07, 6.45) is 2.51. The van der Waals surface area contributed by atoms with Gasteiger partial charge in [0.25, 0.3) is 0 Å². The predicted molar refractivity (Wildman–Crippen MR) is 127 cm³/mol. The molecule has 3 aromatic rings. The Morgan fingerprint density at radius 3 is 2.03 bits per heavy atom. The second-order valence-electron chi connectivity index (χ2n) is 8.49. The van der Waals surface area contributed by atoms with Crippen LogP contribution in [-0.2, 0) is 6.54 Å². The van der Waals surface area contributed by atoms with Crippen LogP contribution in [0.2, 0.25) is 0 Å². The summed E-state index contributed by atoms with van der Waals surface area (Å²) in [5.74, 6) is 1.62. The Labute approximate surface area is 185 Å². The van der Waals surface area contributed by atoms with Crippen molar-refractivity contribution >= 4 is 5.57 Å². The number of fused-ring (bicyclic) bond motifs is 3. The minimum absolute atomic E-state index is 0.336. The minimum atomic E-state index is 0.336. The van der Waals surface area contributed by atoms with Gasteiger partial charge in [-0.3, -0.25) is 0 Å². The normalized spacial score (nSPS) is 20.0. The highest BCUT2D eigenvalue weighted by atomic mass is 16.5. The number of hydrogen-bond acceptors (Lipinski definition) is 3. The van der Waals surface area contributed by atoms with Gasteiger partial charge in [-0.2, -0.15) is 0 Å². The third-order valence-electron chi connectivity index (χ3n) is 6.73. The van der Waals surface area contributed by atoms with Crippen LogP contribution in [0.4, 0.5) is 0 Å². The van der Waals surface area contributed by atoms with Gasteiger partial charge in [-0.25, -0.2) is 0 Å². The molecule has 3 heterocycles. The van der Waals surface area contributed by atoms with E-state index in [0.717, 1.165) is 25.4 Å². The van der Waals surface area contributed by atoms with E-state index in [1.165, 1.54) is 40.8 Å². The van der Waals surface area contributed by atoms with E-state index in [1.54, 1.807) is 7.11 Å². The van der Waals surface area contributed by atoms with Gasteiger partial charge in [0.15, 0.2) is 0 Å². The number of nitrogens with one attached hydrogen (secondary N) is 1. The van der Waals surface area contributed by atoms with Gasteiger partial charge in [-0.1, -0.05) is 78.9 Å². The van der Waals surface area contributed by atoms with Crippen LogP contribution < -0.4 is 10.1 Å². The second-order valence-corrected chi connectivity index (χ2v) is 8.49. The van der Waals surface area contributed by atoms with Crippen molar-refractivity contribution in [3.8, 4) is 5.75 Å². The fourth-order valence-electron chi connectivity index (χ4n) is 5.21. The number of ether oxygens (including phenoxy) is 1. The van der Waals surface area contributed by atoms with Gasteiger partial charge in [-0.15, -0.1) is 0 Å². The van der Waals surface area contributed by atoms with Crippen LogP contribution in [0.3, 0.4) is 0 Å². The van der Waals surface area contributed by atoms with Crippen LogP contribution in [0.25, 0.3) is 5.57 Å². The maximum absolute atomic E-state index is 5.60. The van der Waals surface area contributed by atoms with Crippen molar-refractivity contribution in [1.29, 1.82) is 0 Å². The van der Waals surface area contributed by atoms with E-state index < -0.39 is 0 Å². The smallest absolute Gasteiger partial charge is 0.123 e. The van der Waals surface area contributed by atoms with Crippen LogP contribution in [0, 0.1) is 5.92 Å². The molecule has 0 spiro atoms. The Morgan fingerprint density at radius 1 is 0.839 bits per heavy atom. The summed E-state index contributed by atoms with van der Waals surface area (Å²) < 4.78 is 5.60. The number of piperidine rings is 3. The Kier molecular flexibility index (Phi) is 5.77. The molecule has 3 aliphatic heterocycles. The highest BCUT2D eigenvalue weighted by Gasteiger charge is 2.39. The lowest BCUT2D eigenvalue weighted by molar-refractivity contribution is 0.122. The van der Waals surface area contributed by atoms with Crippen LogP contribution in [0.5, 0.6) is 5.75 Å². The first kappa shape index (κ1) is 19.9. The zero-order chi connectivity index (χ0) is 21.0. The third kappa shape index (κ3) is 3.98. The topological polar surface area (TPSA) is 24.5 Å². The minimum Gasteiger partial charge on any atom is -0.496 e. The maximum atomic E-state index is 5.60. The quantitative estimate of drug-likeness (QED) is 0.594. The fourth-order valence-corrected chi connectivity index (χ4v) is 5.21. The molecular formula is C28H30N2O. The molecule has 3 heteroatoms. The van der Waals surface area contributed by atoms with Crippen molar-refractivity contribution in [2.24, 2.45) is 5.92 Å². The number of benzene rings is 3. The van der Waals surface area contributed by atoms with Gasteiger partial charge in [0.05, 0.1) is 13.2 Å². The van der Waals surface area contributed by atoms with E-state index in [-0.39, 0.29) is 0 Å². The van der Waals surface area contributed by atoms with Crippen molar-refractivity contribution in [3.63, 3.8) is 0 Å². The molecule has 1 N–H and O–H groups in total. The van der Waals surface area contributed by atoms with Crippen molar-refractivity contribution in [1.82, 2.24) is 10.2 Å². The lowest BCUT2D eigenvalue weighted by atomic mass is 9.78. The Bertz CT molecular complexity index is 995. The van der Waals surface area contributed by atoms with Crippen LogP contribution in [0.1, 0.15) is 29.5 Å². The van der Waals surface area contributed by atoms with Gasteiger partial charge in [-0.05, 0) is 36.0 Å². The Hall–Kier alpha value is -3.04. The summed E-state index contributed by atoms with van der Waals surface area (Å²) >= 11 is 0. The molecule has 2 bridgehead atoms. The summed E-state index contributed by atoms with van der Waals surface area (Å²) in [7, 11) is 1.75. The number of para-hydroxylation sites is 1. The molecule has 0 saturated carbocycles. The van der Waals surface area contributed by atoms with Gasteiger partial charge in [0.2, 0.25) is 0 Å². The zero-order valence-electron chi connectivity index (χ0n) is 18.1. The monoisotopic (exact) mass is 410 g/mol. The highest BCUT2D eigenvalue weighted by molar-refractivity contribution is 5.82. The molecule has 0 radical (unpaired) electrons. The van der Waals surface area contributed by atoms with Gasteiger partial charge >= 0.3 is 0 Å². The average Bonchev–Trinajstić information content (AvgIpc) is 2.85. The van der Waals surface area contributed by atoms with E-state index in [1.807, 2.05) is 12.1 Å². The Morgan fingerprint density at radius 2 is 1.42 bits per heavy atom. The van der Waals surface area contributed by atoms with Gasteiger partial charge in [0, 0.05) is 36.5 Å². The molecule has 0 aliphatic carbocycles. The van der Waals surface area contributed by atoms with Crippen molar-refractivity contribution in [2.75, 3.05) is 20.2 Å². The van der Waals surface area contributed by atoms with Crippen LogP contribution in [-0.4, -0.2) is 31.1 Å². The fraction of sp³-hybridized carbons (Fsp3) is 0.286. The molecule has 3 saturated heterocycles. The molecule has 158 valence electrons. The lowest BCUT2D eigenvalue weighted by Gasteiger charge is -2.49. The number of methoxy groups -OCH3 is 1. The van der Waals surface area contributed by atoms with Gasteiger partial charge in [0.1, 0.15) is 5.75 Å². The zero-order valence-corrected chi connectivity index (χ0v) is 18.1. The van der Waals surface area contributed by atoms with Crippen LogP contribution in [0.15, 0.2) is 90.6 Å². The molecule has 6 rings (SSSR count). The molecule has 0 aromatic heterocycles. The standard InChI is InChI=1S/C28H30N2O/c1-31-25-15-9-8-14-24(25)20-29-27-23-16-18-30(19-17-23)28(27)26(21-10-4-2-5-11-21)22-12-6-3-7-13-22/h2-15,23,27,29H,16-20H2,1H3/t27-/m1/s1. The first-order chi connectivity index (χ1) is 15.3. The average molecular weight is 411 g/mol. The maximum Gasteiger partial charge on any atom is 0.123 e. The summed E-state index contributed by atoms with van der Waals surface area (Å²) in [5, 5.41) is 3.93. The molecule has 0 amide bonds. The van der Waals surface area contributed by atoms with E-state index >= 15 is 0 Å². The van der Waals surface area contributed by atoms with Crippen molar-refractivity contribution in [3.05, 3.63) is 107 Å². The predicted octanol–water partition coefficient (Wildman–Crippen LogP) is 5.34. The highest BCUT2D eigenvalue weighted by Crippen LogP contribution is 2.41. The van der Waals surface area contributed by atoms with Crippen LogP contribution >= 0.6 is 0 Å². The first-order valence-electron chi connectivity index (χ1n) is 11.3. The molecule has 31 heavy (non-hydrogen) atoms. The largest absolute Gasteiger partial charge is 0.496 e. The van der Waals surface area contributed by atoms with Crippen molar-refractivity contribution in [2.45, 2.75) is 25.4 Å². The molecule has 3 fully saturated rings. The second kappa shape index (κ2) is 8.99. The molecule has 3 nitrogen and oxygen atoms in total.